The number of nitrogens with one attached hydrogen (secondary N) is 1. The summed E-state index contributed by atoms with van der Waals surface area (Å²) in [6.45, 7) is 8.85. The predicted octanol–water partition coefficient (Wildman–Crippen LogP) is 2.30. The second-order valence-corrected chi connectivity index (χ2v) is 5.55. The van der Waals surface area contributed by atoms with E-state index in [0.717, 1.165) is 25.2 Å². The largest absolute Gasteiger partial charge is 0.481 e. The molecule has 0 aromatic heterocycles. The standard InChI is InChI=1S/C16H26N2O2/c1-12(2)18(4)10-9-17-11-14-5-7-15(8-6-14)13(3)16(19)20/h5-8,12-13,17H,9-11H2,1-4H3,(H,19,20). The number of likely N-dealkylation sites (N-methyl/N-ethyl adjacent to an activating group) is 1. The Labute approximate surface area is 121 Å². The van der Waals surface area contributed by atoms with Gasteiger partial charge in [0.15, 0.2) is 0 Å². The molecule has 0 spiro atoms. The second-order valence-electron chi connectivity index (χ2n) is 5.55. The minimum absolute atomic E-state index is 0.447. The topological polar surface area (TPSA) is 52.6 Å². The Morgan fingerprint density at radius 2 is 1.85 bits per heavy atom. The molecule has 0 radical (unpaired) electrons. The van der Waals surface area contributed by atoms with Crippen LogP contribution in [0.25, 0.3) is 0 Å². The molecule has 0 saturated heterocycles. The quantitative estimate of drug-likeness (QED) is 0.717. The van der Waals surface area contributed by atoms with E-state index in [1.807, 2.05) is 24.3 Å². The predicted molar refractivity (Wildman–Crippen MR) is 82.0 cm³/mol. The summed E-state index contributed by atoms with van der Waals surface area (Å²) in [4.78, 5) is 13.2. The number of carbonyl (C=O) groups is 1. The highest BCUT2D eigenvalue weighted by Gasteiger charge is 2.12. The smallest absolute Gasteiger partial charge is 0.310 e. The van der Waals surface area contributed by atoms with Gasteiger partial charge in [-0.3, -0.25) is 4.79 Å². The third-order valence-electron chi connectivity index (χ3n) is 3.70. The van der Waals surface area contributed by atoms with Gasteiger partial charge in [0.05, 0.1) is 5.92 Å². The van der Waals surface area contributed by atoms with Crippen LogP contribution in [0.1, 0.15) is 37.8 Å². The van der Waals surface area contributed by atoms with Crippen molar-refractivity contribution in [3.05, 3.63) is 35.4 Å². The molecule has 4 heteroatoms. The van der Waals surface area contributed by atoms with Crippen molar-refractivity contribution in [2.45, 2.75) is 39.3 Å². The lowest BCUT2D eigenvalue weighted by atomic mass is 10.0. The van der Waals surface area contributed by atoms with Crippen LogP contribution in [0.4, 0.5) is 0 Å². The normalized spacial score (nSPS) is 12.9. The number of hydrogen-bond acceptors (Lipinski definition) is 3. The molecule has 0 amide bonds. The Balaban J connectivity index is 2.37. The maximum absolute atomic E-state index is 10.9. The van der Waals surface area contributed by atoms with E-state index in [1.165, 1.54) is 5.56 Å². The molecule has 1 rings (SSSR count). The Hall–Kier alpha value is -1.39. The van der Waals surface area contributed by atoms with Gasteiger partial charge in [-0.15, -0.1) is 0 Å². The number of rotatable bonds is 8. The van der Waals surface area contributed by atoms with Crippen molar-refractivity contribution < 1.29 is 9.90 Å². The number of aliphatic carboxylic acids is 1. The summed E-state index contributed by atoms with van der Waals surface area (Å²) in [6.07, 6.45) is 0. The fourth-order valence-corrected chi connectivity index (χ4v) is 1.81. The van der Waals surface area contributed by atoms with E-state index in [9.17, 15) is 4.79 Å². The van der Waals surface area contributed by atoms with E-state index >= 15 is 0 Å². The summed E-state index contributed by atoms with van der Waals surface area (Å²) >= 11 is 0. The SMILES string of the molecule is CC(C(=O)O)c1ccc(CNCCN(C)C(C)C)cc1. The van der Waals surface area contributed by atoms with E-state index in [0.29, 0.717) is 6.04 Å². The monoisotopic (exact) mass is 278 g/mol. The lowest BCUT2D eigenvalue weighted by molar-refractivity contribution is -0.138. The van der Waals surface area contributed by atoms with Crippen molar-refractivity contribution in [1.82, 2.24) is 10.2 Å². The van der Waals surface area contributed by atoms with Gasteiger partial charge in [0.1, 0.15) is 0 Å². The second kappa shape index (κ2) is 8.02. The molecule has 112 valence electrons. The highest BCUT2D eigenvalue weighted by Crippen LogP contribution is 2.15. The summed E-state index contributed by atoms with van der Waals surface area (Å²) in [5.74, 6) is -1.23. The molecule has 4 nitrogen and oxygen atoms in total. The first kappa shape index (κ1) is 16.7. The van der Waals surface area contributed by atoms with Crippen molar-refractivity contribution in [3.63, 3.8) is 0 Å². The van der Waals surface area contributed by atoms with Crippen LogP contribution in [0.3, 0.4) is 0 Å². The third-order valence-corrected chi connectivity index (χ3v) is 3.70. The van der Waals surface area contributed by atoms with E-state index < -0.39 is 11.9 Å². The van der Waals surface area contributed by atoms with E-state index in [2.05, 4.69) is 31.1 Å². The van der Waals surface area contributed by atoms with Crippen LogP contribution in [0.5, 0.6) is 0 Å². The number of carboxylic acids is 1. The minimum atomic E-state index is -0.785. The molecule has 0 bridgehead atoms. The van der Waals surface area contributed by atoms with Crippen LogP contribution in [0.15, 0.2) is 24.3 Å². The van der Waals surface area contributed by atoms with Gasteiger partial charge in [0.25, 0.3) is 0 Å². The molecule has 0 heterocycles. The maximum Gasteiger partial charge on any atom is 0.310 e. The van der Waals surface area contributed by atoms with Gasteiger partial charge in [0.2, 0.25) is 0 Å². The zero-order chi connectivity index (χ0) is 15.1. The van der Waals surface area contributed by atoms with Crippen LogP contribution in [-0.2, 0) is 11.3 Å². The van der Waals surface area contributed by atoms with Gasteiger partial charge in [-0.2, -0.15) is 0 Å². The molecule has 0 aliphatic rings. The Bertz CT molecular complexity index is 415. The molecule has 0 saturated carbocycles. The molecule has 1 atom stereocenters. The van der Waals surface area contributed by atoms with Gasteiger partial charge in [-0.1, -0.05) is 24.3 Å². The Morgan fingerprint density at radius 3 is 2.35 bits per heavy atom. The molecule has 0 aliphatic heterocycles. The van der Waals surface area contributed by atoms with Crippen LogP contribution >= 0.6 is 0 Å². The Morgan fingerprint density at radius 1 is 1.25 bits per heavy atom. The van der Waals surface area contributed by atoms with Crippen molar-refractivity contribution in [1.29, 1.82) is 0 Å². The third kappa shape index (κ3) is 5.31. The van der Waals surface area contributed by atoms with Crippen molar-refractivity contribution in [2.24, 2.45) is 0 Å². The van der Waals surface area contributed by atoms with Gasteiger partial charge in [-0.05, 0) is 38.9 Å². The Kier molecular flexibility index (Phi) is 6.68. The molecule has 1 aromatic carbocycles. The molecule has 0 fully saturated rings. The van der Waals surface area contributed by atoms with Gasteiger partial charge < -0.3 is 15.3 Å². The first-order valence-corrected chi connectivity index (χ1v) is 7.14. The zero-order valence-electron chi connectivity index (χ0n) is 12.9. The number of nitrogens with zero attached hydrogens (tertiary/aromatic N) is 1. The van der Waals surface area contributed by atoms with Crippen molar-refractivity contribution in [3.8, 4) is 0 Å². The highest BCUT2D eigenvalue weighted by molar-refractivity contribution is 5.75. The molecule has 1 unspecified atom stereocenters. The average molecular weight is 278 g/mol. The van der Waals surface area contributed by atoms with Crippen LogP contribution in [0.2, 0.25) is 0 Å². The van der Waals surface area contributed by atoms with Crippen molar-refractivity contribution in [2.75, 3.05) is 20.1 Å². The van der Waals surface area contributed by atoms with E-state index in [-0.39, 0.29) is 0 Å². The average Bonchev–Trinajstić information content (AvgIpc) is 2.43. The summed E-state index contributed by atoms with van der Waals surface area (Å²) in [5, 5.41) is 12.4. The van der Waals surface area contributed by atoms with E-state index in [1.54, 1.807) is 6.92 Å². The van der Waals surface area contributed by atoms with Crippen LogP contribution in [-0.4, -0.2) is 42.2 Å². The first-order valence-electron chi connectivity index (χ1n) is 7.14. The highest BCUT2D eigenvalue weighted by atomic mass is 16.4. The summed E-state index contributed by atoms with van der Waals surface area (Å²) in [5.41, 5.74) is 2.03. The summed E-state index contributed by atoms with van der Waals surface area (Å²) < 4.78 is 0. The fraction of sp³-hybridized carbons (Fsp3) is 0.562. The first-order chi connectivity index (χ1) is 9.41. The number of carboxylic acid groups (broad SMARTS) is 1. The van der Waals surface area contributed by atoms with Crippen LogP contribution in [0, 0.1) is 0 Å². The molecular formula is C16H26N2O2. The maximum atomic E-state index is 10.9. The molecular weight excluding hydrogens is 252 g/mol. The lowest BCUT2D eigenvalue weighted by Gasteiger charge is -2.20. The lowest BCUT2D eigenvalue weighted by Crippen LogP contribution is -2.33. The van der Waals surface area contributed by atoms with Gasteiger partial charge in [0, 0.05) is 25.7 Å². The summed E-state index contributed by atoms with van der Waals surface area (Å²) in [6, 6.07) is 8.35. The molecule has 1 aromatic rings. The van der Waals surface area contributed by atoms with Crippen LogP contribution < -0.4 is 5.32 Å². The van der Waals surface area contributed by atoms with Gasteiger partial charge in [-0.25, -0.2) is 0 Å². The molecule has 0 aliphatic carbocycles. The minimum Gasteiger partial charge on any atom is -0.481 e. The summed E-state index contributed by atoms with van der Waals surface area (Å²) in [7, 11) is 2.12. The zero-order valence-corrected chi connectivity index (χ0v) is 12.9. The number of hydrogen-bond donors (Lipinski definition) is 2. The molecule has 20 heavy (non-hydrogen) atoms. The number of benzene rings is 1. The fourth-order valence-electron chi connectivity index (χ4n) is 1.81. The van der Waals surface area contributed by atoms with E-state index in [4.69, 9.17) is 5.11 Å². The van der Waals surface area contributed by atoms with Gasteiger partial charge >= 0.3 is 5.97 Å². The molecule has 2 N–H and O–H groups in total. The van der Waals surface area contributed by atoms with Crippen molar-refractivity contribution >= 4 is 5.97 Å².